The molecule has 0 saturated carbocycles. The van der Waals surface area contributed by atoms with E-state index in [-0.39, 0.29) is 29.4 Å². The van der Waals surface area contributed by atoms with Crippen LogP contribution >= 0.6 is 12.4 Å². The SMILES string of the molecule is Cl.O=C(NCC1CCOCC1)c1ccc2n(c1=O)C[C@@H]1CNC[C@H]2C1. The van der Waals surface area contributed by atoms with E-state index in [4.69, 9.17) is 4.74 Å². The number of pyridine rings is 1. The van der Waals surface area contributed by atoms with Crippen LogP contribution < -0.4 is 16.2 Å². The first kappa shape index (κ1) is 18.4. The number of rotatable bonds is 3. The first-order chi connectivity index (χ1) is 11.7. The van der Waals surface area contributed by atoms with Crippen LogP contribution in [0.15, 0.2) is 16.9 Å². The zero-order valence-electron chi connectivity index (χ0n) is 14.3. The summed E-state index contributed by atoms with van der Waals surface area (Å²) in [6.07, 6.45) is 3.08. The van der Waals surface area contributed by atoms with E-state index in [1.165, 1.54) is 0 Å². The molecule has 0 aromatic carbocycles. The van der Waals surface area contributed by atoms with E-state index < -0.39 is 0 Å². The summed E-state index contributed by atoms with van der Waals surface area (Å²) in [6, 6.07) is 3.68. The molecular formula is C18H26ClN3O3. The van der Waals surface area contributed by atoms with Gasteiger partial charge in [-0.15, -0.1) is 12.4 Å². The molecule has 1 amide bonds. The summed E-state index contributed by atoms with van der Waals surface area (Å²) in [5, 5.41) is 6.38. The molecule has 6 nitrogen and oxygen atoms in total. The maximum Gasteiger partial charge on any atom is 0.263 e. The van der Waals surface area contributed by atoms with E-state index >= 15 is 0 Å². The van der Waals surface area contributed by atoms with Crippen LogP contribution in [-0.2, 0) is 11.3 Å². The number of ether oxygens (including phenoxy) is 1. The average Bonchev–Trinajstić information content (AvgIpc) is 2.62. The second kappa shape index (κ2) is 7.89. The number of hydrogen-bond donors (Lipinski definition) is 2. The summed E-state index contributed by atoms with van der Waals surface area (Å²) >= 11 is 0. The highest BCUT2D eigenvalue weighted by Crippen LogP contribution is 2.31. The van der Waals surface area contributed by atoms with E-state index in [9.17, 15) is 9.59 Å². The molecule has 2 bridgehead atoms. The van der Waals surface area contributed by atoms with Crippen LogP contribution in [0.3, 0.4) is 0 Å². The third-order valence-corrected chi connectivity index (χ3v) is 5.65. The number of halogens is 1. The van der Waals surface area contributed by atoms with Crippen molar-refractivity contribution in [1.29, 1.82) is 0 Å². The molecule has 4 rings (SSSR count). The lowest BCUT2D eigenvalue weighted by molar-refractivity contribution is 0.0642. The Morgan fingerprint density at radius 2 is 2.08 bits per heavy atom. The molecule has 0 spiro atoms. The number of carbonyl (C=O) groups is 1. The fourth-order valence-electron chi connectivity index (χ4n) is 4.25. The van der Waals surface area contributed by atoms with Gasteiger partial charge in [-0.2, -0.15) is 0 Å². The van der Waals surface area contributed by atoms with Crippen molar-refractivity contribution in [3.63, 3.8) is 0 Å². The Morgan fingerprint density at radius 3 is 2.88 bits per heavy atom. The summed E-state index contributed by atoms with van der Waals surface area (Å²) in [5.74, 6) is 1.10. The molecule has 2 atom stereocenters. The van der Waals surface area contributed by atoms with E-state index in [2.05, 4.69) is 10.6 Å². The van der Waals surface area contributed by atoms with Gasteiger partial charge in [0.2, 0.25) is 0 Å². The minimum absolute atomic E-state index is 0. The summed E-state index contributed by atoms with van der Waals surface area (Å²) in [7, 11) is 0. The van der Waals surface area contributed by atoms with Gasteiger partial charge in [0.15, 0.2) is 0 Å². The zero-order valence-corrected chi connectivity index (χ0v) is 15.1. The smallest absolute Gasteiger partial charge is 0.263 e. The quantitative estimate of drug-likeness (QED) is 0.840. The first-order valence-electron chi connectivity index (χ1n) is 9.03. The topological polar surface area (TPSA) is 72.4 Å². The average molecular weight is 368 g/mol. The van der Waals surface area contributed by atoms with Gasteiger partial charge >= 0.3 is 0 Å². The molecule has 2 saturated heterocycles. The molecule has 1 aromatic heterocycles. The van der Waals surface area contributed by atoms with Crippen LogP contribution in [0, 0.1) is 11.8 Å². The Balaban J connectivity index is 0.00000182. The van der Waals surface area contributed by atoms with E-state index in [1.807, 2.05) is 10.6 Å². The predicted octanol–water partition coefficient (Wildman–Crippen LogP) is 1.13. The van der Waals surface area contributed by atoms with Crippen molar-refractivity contribution in [2.75, 3.05) is 32.8 Å². The normalized spacial score (nSPS) is 25.6. The number of piperidine rings is 1. The molecular weight excluding hydrogens is 342 g/mol. The van der Waals surface area contributed by atoms with Crippen LogP contribution in [0.4, 0.5) is 0 Å². The minimum Gasteiger partial charge on any atom is -0.381 e. The number of amides is 1. The minimum atomic E-state index is -0.240. The molecule has 2 N–H and O–H groups in total. The van der Waals surface area contributed by atoms with Crippen molar-refractivity contribution < 1.29 is 9.53 Å². The van der Waals surface area contributed by atoms with Gasteiger partial charge < -0.3 is 19.9 Å². The monoisotopic (exact) mass is 367 g/mol. The number of nitrogens with zero attached hydrogens (tertiary/aromatic N) is 1. The van der Waals surface area contributed by atoms with Gasteiger partial charge in [0.05, 0.1) is 0 Å². The van der Waals surface area contributed by atoms with Gasteiger partial charge in [-0.3, -0.25) is 9.59 Å². The molecule has 7 heteroatoms. The van der Waals surface area contributed by atoms with Gasteiger partial charge in [0.25, 0.3) is 11.5 Å². The van der Waals surface area contributed by atoms with Gasteiger partial charge in [-0.05, 0) is 49.8 Å². The lowest BCUT2D eigenvalue weighted by atomic mass is 9.84. The highest BCUT2D eigenvalue weighted by atomic mass is 35.5. The van der Waals surface area contributed by atoms with Crippen molar-refractivity contribution >= 4 is 18.3 Å². The van der Waals surface area contributed by atoms with Crippen LogP contribution in [0.1, 0.15) is 41.2 Å². The first-order valence-corrected chi connectivity index (χ1v) is 9.03. The highest BCUT2D eigenvalue weighted by Gasteiger charge is 2.31. The third kappa shape index (κ3) is 3.76. The molecule has 25 heavy (non-hydrogen) atoms. The number of hydrogen-bond acceptors (Lipinski definition) is 4. The molecule has 0 aliphatic carbocycles. The lowest BCUT2D eigenvalue weighted by Gasteiger charge is -2.37. The predicted molar refractivity (Wildman–Crippen MR) is 97.5 cm³/mol. The van der Waals surface area contributed by atoms with E-state index in [0.717, 1.165) is 57.8 Å². The van der Waals surface area contributed by atoms with Crippen molar-refractivity contribution in [3.05, 3.63) is 33.7 Å². The Bertz CT molecular complexity index is 685. The lowest BCUT2D eigenvalue weighted by Crippen LogP contribution is -2.46. The fraction of sp³-hybridized carbons (Fsp3) is 0.667. The largest absolute Gasteiger partial charge is 0.381 e. The summed E-state index contributed by atoms with van der Waals surface area (Å²) < 4.78 is 7.17. The van der Waals surface area contributed by atoms with E-state index in [1.54, 1.807) is 6.07 Å². The summed E-state index contributed by atoms with van der Waals surface area (Å²) in [5.41, 5.74) is 1.22. The van der Waals surface area contributed by atoms with Gasteiger partial charge in [-0.1, -0.05) is 0 Å². The summed E-state index contributed by atoms with van der Waals surface area (Å²) in [4.78, 5) is 25.3. The number of fused-ring (bicyclic) bond motifs is 4. The Hall–Kier alpha value is -1.37. The highest BCUT2D eigenvalue weighted by molar-refractivity contribution is 5.93. The standard InChI is InChI=1S/C18H25N3O3.ClH/c22-17(20-9-12-3-5-24-6-4-12)15-1-2-16-14-7-13(8-19-10-14)11-21(16)18(15)23;/h1-2,12-14,19H,3-11H2,(H,20,22);1H/t13-,14+;/m0./s1. The Labute approximate surface area is 153 Å². The van der Waals surface area contributed by atoms with Gasteiger partial charge in [0, 0.05) is 44.5 Å². The molecule has 0 radical (unpaired) electrons. The van der Waals surface area contributed by atoms with Crippen molar-refractivity contribution in [2.24, 2.45) is 11.8 Å². The summed E-state index contributed by atoms with van der Waals surface area (Å²) in [6.45, 7) is 4.75. The molecule has 3 aliphatic rings. The van der Waals surface area contributed by atoms with Crippen LogP contribution in [0.25, 0.3) is 0 Å². The number of carbonyl (C=O) groups excluding carboxylic acids is 1. The second-order valence-electron chi connectivity index (χ2n) is 7.31. The third-order valence-electron chi connectivity index (χ3n) is 5.65. The number of nitrogens with one attached hydrogen (secondary N) is 2. The molecule has 138 valence electrons. The van der Waals surface area contributed by atoms with Gasteiger partial charge in [0.1, 0.15) is 5.56 Å². The molecule has 3 aliphatic heterocycles. The molecule has 2 fully saturated rings. The van der Waals surface area contributed by atoms with Gasteiger partial charge in [-0.25, -0.2) is 0 Å². The number of aromatic nitrogens is 1. The van der Waals surface area contributed by atoms with Crippen molar-refractivity contribution in [3.8, 4) is 0 Å². The zero-order chi connectivity index (χ0) is 16.5. The Morgan fingerprint density at radius 1 is 1.28 bits per heavy atom. The van der Waals surface area contributed by atoms with Crippen molar-refractivity contribution in [2.45, 2.75) is 31.7 Å². The fourth-order valence-corrected chi connectivity index (χ4v) is 4.25. The maximum absolute atomic E-state index is 12.8. The van der Waals surface area contributed by atoms with Crippen LogP contribution in [0.5, 0.6) is 0 Å². The van der Waals surface area contributed by atoms with Crippen LogP contribution in [0.2, 0.25) is 0 Å². The van der Waals surface area contributed by atoms with Crippen LogP contribution in [-0.4, -0.2) is 43.3 Å². The van der Waals surface area contributed by atoms with E-state index in [0.29, 0.717) is 24.3 Å². The molecule has 0 unspecified atom stereocenters. The molecule has 4 heterocycles. The second-order valence-corrected chi connectivity index (χ2v) is 7.31. The Kier molecular flexibility index (Phi) is 5.81. The maximum atomic E-state index is 12.8. The molecule has 1 aromatic rings. The van der Waals surface area contributed by atoms with Crippen molar-refractivity contribution in [1.82, 2.24) is 15.2 Å².